The SMILES string of the molecule is Cc1ccc(/C=C2\C[C@]3(C)[C@H]4C[C@@H](F)[C@]56OC(=O)[C@@]7(CCC(C)(C)C[C@H]75)CC[C@@]6(C)[C@]4(C)CC[C@H]3C(C)(C)C2=O)cc1. The molecule has 0 N–H and O–H groups in total. The Morgan fingerprint density at radius 2 is 1.52 bits per heavy atom. The van der Waals surface area contributed by atoms with E-state index in [-0.39, 0.29) is 45.8 Å². The molecule has 9 atom stereocenters. The molecule has 5 saturated carbocycles. The minimum atomic E-state index is -1.19. The Balaban J connectivity index is 1.34. The number of ether oxygens (including phenoxy) is 1. The van der Waals surface area contributed by atoms with Crippen molar-refractivity contribution in [3.8, 4) is 0 Å². The van der Waals surface area contributed by atoms with Gasteiger partial charge in [0, 0.05) is 16.7 Å². The number of benzene rings is 1. The third kappa shape index (κ3) is 3.23. The summed E-state index contributed by atoms with van der Waals surface area (Å²) in [5, 5.41) is 0. The molecule has 1 aromatic carbocycles. The van der Waals surface area contributed by atoms with E-state index >= 15 is 4.39 Å². The van der Waals surface area contributed by atoms with E-state index in [2.05, 4.69) is 85.7 Å². The molecule has 6 fully saturated rings. The fraction of sp³-hybridized carbons (Fsp3) is 0.737. The summed E-state index contributed by atoms with van der Waals surface area (Å²) < 4.78 is 24.1. The van der Waals surface area contributed by atoms with Crippen LogP contribution in [0, 0.1) is 57.2 Å². The van der Waals surface area contributed by atoms with Crippen molar-refractivity contribution >= 4 is 17.8 Å². The minimum absolute atomic E-state index is 0.0559. The van der Waals surface area contributed by atoms with Gasteiger partial charge in [0.2, 0.25) is 0 Å². The van der Waals surface area contributed by atoms with Crippen LogP contribution in [0.2, 0.25) is 0 Å². The number of alkyl halides is 1. The number of carbonyl (C=O) groups is 2. The van der Waals surface area contributed by atoms with Crippen LogP contribution in [0.3, 0.4) is 0 Å². The molecule has 42 heavy (non-hydrogen) atoms. The number of halogens is 1. The summed E-state index contributed by atoms with van der Waals surface area (Å²) in [4.78, 5) is 27.9. The van der Waals surface area contributed by atoms with Crippen molar-refractivity contribution in [2.24, 2.45) is 50.2 Å². The number of rotatable bonds is 1. The molecule has 1 heterocycles. The maximum absolute atomic E-state index is 17.5. The van der Waals surface area contributed by atoms with Gasteiger partial charge in [-0.2, -0.15) is 0 Å². The maximum Gasteiger partial charge on any atom is 0.313 e. The Bertz CT molecular complexity index is 1390. The van der Waals surface area contributed by atoms with Gasteiger partial charge in [0.05, 0.1) is 5.41 Å². The molecule has 0 aromatic heterocycles. The lowest BCUT2D eigenvalue weighted by molar-refractivity contribution is -0.299. The molecule has 1 aromatic rings. The van der Waals surface area contributed by atoms with E-state index < -0.39 is 28.0 Å². The van der Waals surface area contributed by atoms with E-state index in [1.54, 1.807) is 0 Å². The zero-order valence-electron chi connectivity index (χ0n) is 27.2. The van der Waals surface area contributed by atoms with Gasteiger partial charge >= 0.3 is 5.97 Å². The third-order valence-electron chi connectivity index (χ3n) is 15.0. The first kappa shape index (κ1) is 28.8. The summed E-state index contributed by atoms with van der Waals surface area (Å²) in [6.07, 6.45) is 8.29. The molecule has 1 aliphatic heterocycles. The van der Waals surface area contributed by atoms with Gasteiger partial charge in [-0.25, -0.2) is 4.39 Å². The van der Waals surface area contributed by atoms with Crippen molar-refractivity contribution in [3.63, 3.8) is 0 Å². The number of hydrogen-bond acceptors (Lipinski definition) is 3. The Labute approximate surface area is 252 Å². The summed E-state index contributed by atoms with van der Waals surface area (Å²) in [7, 11) is 0. The van der Waals surface area contributed by atoms with Crippen LogP contribution >= 0.6 is 0 Å². The van der Waals surface area contributed by atoms with Crippen LogP contribution in [-0.4, -0.2) is 23.5 Å². The Morgan fingerprint density at radius 3 is 2.21 bits per heavy atom. The molecular weight excluding hydrogens is 523 g/mol. The first-order valence-electron chi connectivity index (χ1n) is 16.7. The lowest BCUT2D eigenvalue weighted by Crippen LogP contribution is -2.75. The second kappa shape index (κ2) is 8.39. The summed E-state index contributed by atoms with van der Waals surface area (Å²) in [5.41, 5.74) is 0.296. The van der Waals surface area contributed by atoms with Crippen molar-refractivity contribution in [1.29, 1.82) is 0 Å². The summed E-state index contributed by atoms with van der Waals surface area (Å²) in [6.45, 7) is 18.1. The molecule has 0 radical (unpaired) electrons. The average molecular weight is 575 g/mol. The van der Waals surface area contributed by atoms with E-state index in [0.717, 1.165) is 56.1 Å². The Morgan fingerprint density at radius 1 is 0.857 bits per heavy atom. The zero-order valence-corrected chi connectivity index (χ0v) is 27.2. The van der Waals surface area contributed by atoms with Crippen molar-refractivity contribution in [2.45, 2.75) is 125 Å². The number of Topliss-reactive ketones (excluding diaryl/α,β-unsaturated/α-hetero) is 1. The van der Waals surface area contributed by atoms with Gasteiger partial charge in [-0.1, -0.05) is 78.3 Å². The Kier molecular flexibility index (Phi) is 5.75. The molecule has 2 bridgehead atoms. The van der Waals surface area contributed by atoms with Gasteiger partial charge in [0.15, 0.2) is 11.4 Å². The molecule has 5 aliphatic carbocycles. The molecule has 3 nitrogen and oxygen atoms in total. The molecule has 1 saturated heterocycles. The number of esters is 1. The second-order valence-electron chi connectivity index (χ2n) is 17.7. The lowest BCUT2D eigenvalue weighted by Gasteiger charge is -2.74. The van der Waals surface area contributed by atoms with Gasteiger partial charge in [0.1, 0.15) is 6.17 Å². The molecule has 1 spiro atoms. The highest BCUT2D eigenvalue weighted by molar-refractivity contribution is 6.04. The number of allylic oxidation sites excluding steroid dienone is 1. The molecule has 4 heteroatoms. The second-order valence-corrected chi connectivity index (χ2v) is 17.7. The highest BCUT2D eigenvalue weighted by Crippen LogP contribution is 2.81. The average Bonchev–Trinajstić information content (AvgIpc) is 3.10. The normalized spacial score (nSPS) is 49.4. The largest absolute Gasteiger partial charge is 0.455 e. The summed E-state index contributed by atoms with van der Waals surface area (Å²) >= 11 is 0. The number of fused-ring (bicyclic) bond motifs is 4. The molecule has 6 aliphatic rings. The van der Waals surface area contributed by atoms with Crippen LogP contribution in [-0.2, 0) is 14.3 Å². The standard InChI is InChI=1S/C38H51FO3/c1-23-9-11-24(12-10-23)19-25-21-34(6)26(33(4,5)30(25)40)13-14-35(7)27(34)20-29(39)38-28-22-32(2,3)15-17-37(28,31(41)42-38)18-16-36(35,38)8/h9-12,19,26-29H,13-18,20-22H2,1-8H3/b25-19+/t26-,27+,28+,29+,34-,35+,36-,37-,38+/m0/s1. The third-order valence-corrected chi connectivity index (χ3v) is 15.0. The van der Waals surface area contributed by atoms with Crippen LogP contribution in [0.4, 0.5) is 4.39 Å². The van der Waals surface area contributed by atoms with E-state index in [0.29, 0.717) is 12.8 Å². The Hall–Kier alpha value is -1.97. The number of carbonyl (C=O) groups excluding carboxylic acids is 2. The monoisotopic (exact) mass is 574 g/mol. The fourth-order valence-corrected chi connectivity index (χ4v) is 12.6. The summed E-state index contributed by atoms with van der Waals surface area (Å²) in [5.74, 6) is 0.384. The van der Waals surface area contributed by atoms with Gasteiger partial charge in [-0.05, 0) is 110 Å². The van der Waals surface area contributed by atoms with Crippen molar-refractivity contribution < 1.29 is 18.7 Å². The molecule has 0 amide bonds. The predicted molar refractivity (Wildman–Crippen MR) is 164 cm³/mol. The van der Waals surface area contributed by atoms with Gasteiger partial charge in [-0.15, -0.1) is 0 Å². The molecule has 228 valence electrons. The van der Waals surface area contributed by atoms with Crippen LogP contribution in [0.5, 0.6) is 0 Å². The minimum Gasteiger partial charge on any atom is -0.455 e. The summed E-state index contributed by atoms with van der Waals surface area (Å²) in [6, 6.07) is 8.39. The molecule has 7 rings (SSSR count). The van der Waals surface area contributed by atoms with Crippen molar-refractivity contribution in [3.05, 3.63) is 41.0 Å². The van der Waals surface area contributed by atoms with Crippen LogP contribution in [0.1, 0.15) is 117 Å². The van der Waals surface area contributed by atoms with Crippen molar-refractivity contribution in [2.75, 3.05) is 0 Å². The van der Waals surface area contributed by atoms with Crippen LogP contribution < -0.4 is 0 Å². The van der Waals surface area contributed by atoms with Gasteiger partial charge in [-0.3, -0.25) is 9.59 Å². The highest BCUT2D eigenvalue weighted by Gasteiger charge is 2.84. The lowest BCUT2D eigenvalue weighted by atomic mass is 9.30. The first-order valence-corrected chi connectivity index (χ1v) is 16.7. The predicted octanol–water partition coefficient (Wildman–Crippen LogP) is 9.07. The molecular formula is C38H51FO3. The van der Waals surface area contributed by atoms with Crippen molar-refractivity contribution in [1.82, 2.24) is 0 Å². The van der Waals surface area contributed by atoms with Gasteiger partial charge < -0.3 is 4.74 Å². The van der Waals surface area contributed by atoms with Crippen LogP contribution in [0.25, 0.3) is 6.08 Å². The quantitative estimate of drug-likeness (QED) is 0.248. The highest BCUT2D eigenvalue weighted by atomic mass is 19.1. The first-order chi connectivity index (χ1) is 19.5. The number of aryl methyl sites for hydroxylation is 1. The topological polar surface area (TPSA) is 43.4 Å². The molecule has 0 unspecified atom stereocenters. The zero-order chi connectivity index (χ0) is 30.3. The van der Waals surface area contributed by atoms with E-state index in [4.69, 9.17) is 4.74 Å². The van der Waals surface area contributed by atoms with E-state index in [1.807, 2.05) is 0 Å². The van der Waals surface area contributed by atoms with E-state index in [1.165, 1.54) is 5.56 Å². The van der Waals surface area contributed by atoms with Crippen LogP contribution in [0.15, 0.2) is 29.8 Å². The maximum atomic E-state index is 17.5. The number of hydrogen-bond donors (Lipinski definition) is 0. The van der Waals surface area contributed by atoms with Gasteiger partial charge in [0.25, 0.3) is 0 Å². The number of ketones is 1. The fourth-order valence-electron chi connectivity index (χ4n) is 12.6. The van der Waals surface area contributed by atoms with E-state index in [9.17, 15) is 9.59 Å². The smallest absolute Gasteiger partial charge is 0.313 e.